The van der Waals surface area contributed by atoms with E-state index in [0.717, 1.165) is 9.13 Å². The molecule has 1 aliphatic rings. The van der Waals surface area contributed by atoms with Gasteiger partial charge in [0.15, 0.2) is 16.3 Å². The van der Waals surface area contributed by atoms with Gasteiger partial charge >= 0.3 is 5.97 Å². The van der Waals surface area contributed by atoms with Crippen LogP contribution in [0.25, 0.3) is 6.08 Å². The fourth-order valence-corrected chi connectivity index (χ4v) is 6.22. The number of esters is 1. The molecule has 0 spiro atoms. The Bertz CT molecular complexity index is 1670. The number of hydrogen-bond donors (Lipinski definition) is 0. The zero-order chi connectivity index (χ0) is 29.0. The minimum Gasteiger partial charge on any atom is -0.497 e. The van der Waals surface area contributed by atoms with Gasteiger partial charge in [-0.25, -0.2) is 9.79 Å². The summed E-state index contributed by atoms with van der Waals surface area (Å²) in [6, 6.07) is 8.12. The standard InChI is InChI=1S/C29H29IN2O7S/c1-7-11-39-26-20(30)12-17(13-22(26)37-6)14-23-27(33)32-25(19-15-18(35-4)9-10-21(19)36-5)24(28(34)38-8-2)16(3)31-29(32)40-23/h7,9-10,12-15,25H,1,8,11H2,2-6H3/b23-14+/t25-/m1/s1. The van der Waals surface area contributed by atoms with E-state index in [1.54, 1.807) is 64.5 Å². The van der Waals surface area contributed by atoms with Crippen LogP contribution in [0.4, 0.5) is 0 Å². The number of halogens is 1. The molecule has 0 amide bonds. The number of methoxy groups -OCH3 is 3. The molecule has 0 unspecified atom stereocenters. The molecule has 11 heteroatoms. The highest BCUT2D eigenvalue weighted by Gasteiger charge is 2.35. The van der Waals surface area contributed by atoms with E-state index in [9.17, 15) is 9.59 Å². The number of rotatable bonds is 10. The third-order valence-electron chi connectivity index (χ3n) is 6.14. The number of carbonyl (C=O) groups excluding carboxylic acids is 1. The van der Waals surface area contributed by atoms with Gasteiger partial charge in [0.05, 0.1) is 47.3 Å². The van der Waals surface area contributed by atoms with Crippen molar-refractivity contribution in [3.8, 4) is 23.0 Å². The van der Waals surface area contributed by atoms with Crippen molar-refractivity contribution >= 4 is 46.0 Å². The number of allylic oxidation sites excluding steroid dienone is 1. The van der Waals surface area contributed by atoms with Gasteiger partial charge in [0.25, 0.3) is 5.56 Å². The molecule has 0 bridgehead atoms. The zero-order valence-electron chi connectivity index (χ0n) is 22.8. The van der Waals surface area contributed by atoms with Crippen molar-refractivity contribution in [3.05, 3.63) is 88.6 Å². The first-order valence-electron chi connectivity index (χ1n) is 12.3. The number of hydrogen-bond acceptors (Lipinski definition) is 9. The average Bonchev–Trinajstić information content (AvgIpc) is 3.24. The molecule has 210 valence electrons. The van der Waals surface area contributed by atoms with Crippen LogP contribution >= 0.6 is 33.9 Å². The van der Waals surface area contributed by atoms with E-state index in [-0.39, 0.29) is 17.7 Å². The molecule has 4 rings (SSSR count). The Morgan fingerprint density at radius 2 is 1.90 bits per heavy atom. The summed E-state index contributed by atoms with van der Waals surface area (Å²) in [6.45, 7) is 7.66. The van der Waals surface area contributed by atoms with Crippen molar-refractivity contribution in [1.82, 2.24) is 4.57 Å². The van der Waals surface area contributed by atoms with Gasteiger partial charge in [0, 0.05) is 5.56 Å². The van der Waals surface area contributed by atoms with Gasteiger partial charge in [0.1, 0.15) is 24.1 Å². The van der Waals surface area contributed by atoms with Crippen LogP contribution in [0, 0.1) is 3.57 Å². The van der Waals surface area contributed by atoms with Crippen molar-refractivity contribution in [2.45, 2.75) is 19.9 Å². The molecule has 0 aliphatic carbocycles. The van der Waals surface area contributed by atoms with Gasteiger partial charge in [-0.05, 0) is 78.4 Å². The maximum absolute atomic E-state index is 14.0. The van der Waals surface area contributed by atoms with Crippen LogP contribution in [0.5, 0.6) is 23.0 Å². The van der Waals surface area contributed by atoms with Crippen LogP contribution < -0.4 is 33.8 Å². The highest BCUT2D eigenvalue weighted by atomic mass is 127. The van der Waals surface area contributed by atoms with Crippen LogP contribution in [-0.4, -0.2) is 45.1 Å². The Hall–Kier alpha value is -3.58. The van der Waals surface area contributed by atoms with Crippen LogP contribution in [0.15, 0.2) is 64.0 Å². The molecule has 2 aromatic carbocycles. The second-order valence-electron chi connectivity index (χ2n) is 8.54. The van der Waals surface area contributed by atoms with E-state index in [0.29, 0.717) is 50.2 Å². The Morgan fingerprint density at radius 1 is 1.15 bits per heavy atom. The second-order valence-corrected chi connectivity index (χ2v) is 10.7. The molecule has 40 heavy (non-hydrogen) atoms. The van der Waals surface area contributed by atoms with Gasteiger partial charge in [-0.3, -0.25) is 9.36 Å². The lowest BCUT2D eigenvalue weighted by Gasteiger charge is -2.26. The molecule has 9 nitrogen and oxygen atoms in total. The zero-order valence-corrected chi connectivity index (χ0v) is 25.8. The van der Waals surface area contributed by atoms with Gasteiger partial charge in [-0.1, -0.05) is 24.0 Å². The smallest absolute Gasteiger partial charge is 0.338 e. The molecule has 0 saturated heterocycles. The van der Waals surface area contributed by atoms with Gasteiger partial charge in [-0.15, -0.1) is 0 Å². The summed E-state index contributed by atoms with van der Waals surface area (Å²) in [4.78, 5) is 32.3. The Balaban J connectivity index is 1.96. The summed E-state index contributed by atoms with van der Waals surface area (Å²) < 4.78 is 30.5. The lowest BCUT2D eigenvalue weighted by Crippen LogP contribution is -2.40. The summed E-state index contributed by atoms with van der Waals surface area (Å²) in [7, 11) is 4.64. The third-order valence-corrected chi connectivity index (χ3v) is 7.93. The molecule has 2 heterocycles. The monoisotopic (exact) mass is 676 g/mol. The Labute approximate surface area is 249 Å². The van der Waals surface area contributed by atoms with E-state index >= 15 is 0 Å². The first kappa shape index (κ1) is 29.4. The number of thiazole rings is 1. The topological polar surface area (TPSA) is 97.6 Å². The minimum absolute atomic E-state index is 0.176. The molecular formula is C29H29IN2O7S. The third kappa shape index (κ3) is 5.66. The highest BCUT2D eigenvalue weighted by molar-refractivity contribution is 14.1. The lowest BCUT2D eigenvalue weighted by atomic mass is 9.94. The van der Waals surface area contributed by atoms with Crippen molar-refractivity contribution < 1.29 is 28.5 Å². The number of ether oxygens (including phenoxy) is 5. The molecule has 0 fully saturated rings. The van der Waals surface area contributed by atoms with Crippen molar-refractivity contribution in [2.75, 3.05) is 34.5 Å². The van der Waals surface area contributed by atoms with E-state index < -0.39 is 12.0 Å². The predicted octanol–water partition coefficient (Wildman–Crippen LogP) is 3.99. The van der Waals surface area contributed by atoms with Crippen molar-refractivity contribution in [3.63, 3.8) is 0 Å². The van der Waals surface area contributed by atoms with E-state index in [1.807, 2.05) is 6.07 Å². The summed E-state index contributed by atoms with van der Waals surface area (Å²) in [5.74, 6) is 1.62. The molecule has 0 saturated carbocycles. The fraction of sp³-hybridized carbons (Fsp3) is 0.276. The average molecular weight is 677 g/mol. The van der Waals surface area contributed by atoms with Crippen molar-refractivity contribution in [1.29, 1.82) is 0 Å². The quantitative estimate of drug-likeness (QED) is 0.182. The van der Waals surface area contributed by atoms with Crippen molar-refractivity contribution in [2.24, 2.45) is 4.99 Å². The normalized spacial score (nSPS) is 14.8. The van der Waals surface area contributed by atoms with Crippen LogP contribution in [0.3, 0.4) is 0 Å². The molecule has 1 atom stereocenters. The molecule has 0 N–H and O–H groups in total. The van der Waals surface area contributed by atoms with Crippen LogP contribution in [0.2, 0.25) is 0 Å². The molecule has 3 aromatic rings. The largest absolute Gasteiger partial charge is 0.497 e. The van der Waals surface area contributed by atoms with Gasteiger partial charge in [0.2, 0.25) is 0 Å². The first-order chi connectivity index (χ1) is 19.3. The molecular weight excluding hydrogens is 647 g/mol. The van der Waals surface area contributed by atoms with Crippen LogP contribution in [0.1, 0.15) is 31.0 Å². The summed E-state index contributed by atoms with van der Waals surface area (Å²) in [5, 5.41) is 0. The number of carbonyl (C=O) groups is 1. The van der Waals surface area contributed by atoms with E-state index in [2.05, 4.69) is 34.2 Å². The fourth-order valence-electron chi connectivity index (χ4n) is 4.40. The summed E-state index contributed by atoms with van der Waals surface area (Å²) in [6.07, 6.45) is 3.43. The molecule has 1 aliphatic heterocycles. The summed E-state index contributed by atoms with van der Waals surface area (Å²) in [5.41, 5.74) is 1.73. The van der Waals surface area contributed by atoms with Crippen LogP contribution in [-0.2, 0) is 9.53 Å². The minimum atomic E-state index is -0.841. The number of nitrogens with zero attached hydrogens (tertiary/aromatic N) is 2. The maximum Gasteiger partial charge on any atom is 0.338 e. The van der Waals surface area contributed by atoms with E-state index in [4.69, 9.17) is 23.7 Å². The van der Waals surface area contributed by atoms with Gasteiger partial charge in [-0.2, -0.15) is 0 Å². The lowest BCUT2D eigenvalue weighted by molar-refractivity contribution is -0.139. The predicted molar refractivity (Wildman–Crippen MR) is 161 cm³/mol. The maximum atomic E-state index is 14.0. The Kier molecular flexibility index (Phi) is 9.36. The molecule has 0 radical (unpaired) electrons. The number of fused-ring (bicyclic) bond motifs is 1. The second kappa shape index (κ2) is 12.7. The SMILES string of the molecule is C=CCOc1c(I)cc(/C=c2/sc3n(c2=O)[C@H](c2cc(OC)ccc2OC)C(C(=O)OCC)=C(C)N=3)cc1OC. The van der Waals surface area contributed by atoms with E-state index in [1.165, 1.54) is 23.0 Å². The molecule has 1 aromatic heterocycles. The Morgan fingerprint density at radius 3 is 2.55 bits per heavy atom. The first-order valence-corrected chi connectivity index (χ1v) is 14.2. The highest BCUT2D eigenvalue weighted by Crippen LogP contribution is 2.38. The van der Waals surface area contributed by atoms with Gasteiger partial charge < -0.3 is 23.7 Å². The number of benzene rings is 2. The summed E-state index contributed by atoms with van der Waals surface area (Å²) >= 11 is 3.40. The number of aromatic nitrogens is 1.